The summed E-state index contributed by atoms with van der Waals surface area (Å²) in [4.78, 5) is 22.5. The Morgan fingerprint density at radius 1 is 1.26 bits per heavy atom. The molecule has 1 amide bonds. The van der Waals surface area contributed by atoms with Gasteiger partial charge < -0.3 is 25.0 Å². The first kappa shape index (κ1) is 14.8. The van der Waals surface area contributed by atoms with E-state index in [1.807, 2.05) is 0 Å². The Bertz CT molecular complexity index is 473. The number of carboxylic acids is 1. The number of aliphatic carboxylic acids is 1. The number of benzene rings is 1. The summed E-state index contributed by atoms with van der Waals surface area (Å²) < 4.78 is 10.1. The van der Waals surface area contributed by atoms with Crippen LogP contribution in [0.2, 0.25) is 0 Å². The van der Waals surface area contributed by atoms with E-state index >= 15 is 0 Å². The standard InChI is InChI=1S/C12H15NO6/c1-18-9-4-3-7(5-10(9)19-2)11(15)13-8(6-14)12(16)17/h3-5,8,14H,6H2,1-2H3,(H,13,15)(H,16,17)/t8-/m1/s1. The summed E-state index contributed by atoms with van der Waals surface area (Å²) in [5.41, 5.74) is 0.206. The van der Waals surface area contributed by atoms with Crippen LogP contribution < -0.4 is 14.8 Å². The zero-order valence-electron chi connectivity index (χ0n) is 10.5. The predicted molar refractivity (Wildman–Crippen MR) is 65.5 cm³/mol. The Balaban J connectivity index is 2.91. The molecule has 0 aliphatic rings. The molecule has 0 fully saturated rings. The number of aliphatic hydroxyl groups is 1. The quantitative estimate of drug-likeness (QED) is 0.665. The molecule has 0 bridgehead atoms. The second kappa shape index (κ2) is 6.60. The zero-order valence-corrected chi connectivity index (χ0v) is 10.5. The van der Waals surface area contributed by atoms with E-state index in [1.165, 1.54) is 32.4 Å². The van der Waals surface area contributed by atoms with E-state index in [9.17, 15) is 9.59 Å². The van der Waals surface area contributed by atoms with Crippen molar-refractivity contribution in [2.75, 3.05) is 20.8 Å². The number of methoxy groups -OCH3 is 2. The summed E-state index contributed by atoms with van der Waals surface area (Å²) in [6, 6.07) is 3.07. The second-order valence-corrected chi connectivity index (χ2v) is 3.62. The van der Waals surface area contributed by atoms with Crippen LogP contribution in [0.4, 0.5) is 0 Å². The molecule has 1 atom stereocenters. The summed E-state index contributed by atoms with van der Waals surface area (Å²) in [6.45, 7) is -0.686. The summed E-state index contributed by atoms with van der Waals surface area (Å²) in [5, 5.41) is 19.8. The lowest BCUT2D eigenvalue weighted by Gasteiger charge is -2.13. The average Bonchev–Trinajstić information content (AvgIpc) is 2.43. The number of hydrogen-bond donors (Lipinski definition) is 3. The Labute approximate surface area is 109 Å². The molecular formula is C12H15NO6. The van der Waals surface area contributed by atoms with Crippen LogP contribution in [-0.4, -0.2) is 49.0 Å². The van der Waals surface area contributed by atoms with Gasteiger partial charge in [0, 0.05) is 5.56 Å². The van der Waals surface area contributed by atoms with Crippen LogP contribution in [0.5, 0.6) is 11.5 Å². The normalized spacial score (nSPS) is 11.5. The molecule has 104 valence electrons. The maximum absolute atomic E-state index is 11.8. The summed E-state index contributed by atoms with van der Waals surface area (Å²) in [6.07, 6.45) is 0. The van der Waals surface area contributed by atoms with Crippen molar-refractivity contribution in [2.24, 2.45) is 0 Å². The molecule has 3 N–H and O–H groups in total. The van der Waals surface area contributed by atoms with Crippen LogP contribution in [0.1, 0.15) is 10.4 Å². The van der Waals surface area contributed by atoms with Crippen molar-refractivity contribution in [1.82, 2.24) is 5.32 Å². The number of ether oxygens (including phenoxy) is 2. The molecule has 19 heavy (non-hydrogen) atoms. The lowest BCUT2D eigenvalue weighted by Crippen LogP contribution is -2.43. The number of carboxylic acid groups (broad SMARTS) is 1. The second-order valence-electron chi connectivity index (χ2n) is 3.62. The van der Waals surface area contributed by atoms with Crippen LogP contribution in [0, 0.1) is 0 Å². The minimum absolute atomic E-state index is 0.206. The minimum atomic E-state index is -1.35. The van der Waals surface area contributed by atoms with Crippen molar-refractivity contribution in [2.45, 2.75) is 6.04 Å². The van der Waals surface area contributed by atoms with Crippen molar-refractivity contribution >= 4 is 11.9 Å². The molecule has 1 rings (SSSR count). The number of aliphatic hydroxyl groups excluding tert-OH is 1. The summed E-state index contributed by atoms with van der Waals surface area (Å²) >= 11 is 0. The van der Waals surface area contributed by atoms with E-state index in [-0.39, 0.29) is 5.56 Å². The molecule has 0 unspecified atom stereocenters. The molecule has 7 heteroatoms. The lowest BCUT2D eigenvalue weighted by atomic mass is 10.1. The van der Waals surface area contributed by atoms with Gasteiger partial charge in [-0.25, -0.2) is 4.79 Å². The molecular weight excluding hydrogens is 254 g/mol. The first-order chi connectivity index (χ1) is 9.03. The number of nitrogens with one attached hydrogen (secondary N) is 1. The molecule has 0 saturated heterocycles. The Hall–Kier alpha value is -2.28. The van der Waals surface area contributed by atoms with Gasteiger partial charge in [0.15, 0.2) is 17.5 Å². The minimum Gasteiger partial charge on any atom is -0.493 e. The molecule has 0 aromatic heterocycles. The molecule has 0 saturated carbocycles. The molecule has 1 aromatic rings. The first-order valence-corrected chi connectivity index (χ1v) is 5.40. The number of carbonyl (C=O) groups excluding carboxylic acids is 1. The molecule has 0 aliphatic heterocycles. The molecule has 7 nitrogen and oxygen atoms in total. The van der Waals surface area contributed by atoms with Crippen molar-refractivity contribution in [3.8, 4) is 11.5 Å². The van der Waals surface area contributed by atoms with Crippen LogP contribution in [0.25, 0.3) is 0 Å². The van der Waals surface area contributed by atoms with Crippen molar-refractivity contribution in [3.63, 3.8) is 0 Å². The Kier molecular flexibility index (Phi) is 5.13. The number of amides is 1. The van der Waals surface area contributed by atoms with Gasteiger partial charge in [-0.2, -0.15) is 0 Å². The Morgan fingerprint density at radius 3 is 2.37 bits per heavy atom. The SMILES string of the molecule is COc1ccc(C(=O)N[C@H](CO)C(=O)O)cc1OC. The van der Waals surface area contributed by atoms with Crippen molar-refractivity contribution in [1.29, 1.82) is 0 Å². The van der Waals surface area contributed by atoms with E-state index in [2.05, 4.69) is 5.32 Å². The first-order valence-electron chi connectivity index (χ1n) is 5.40. The maximum atomic E-state index is 11.8. The topological polar surface area (TPSA) is 105 Å². The van der Waals surface area contributed by atoms with Gasteiger partial charge in [-0.05, 0) is 18.2 Å². The molecule has 0 spiro atoms. The molecule has 0 radical (unpaired) electrons. The van der Waals surface area contributed by atoms with E-state index in [0.29, 0.717) is 11.5 Å². The third-order valence-corrected chi connectivity index (χ3v) is 2.43. The van der Waals surface area contributed by atoms with E-state index in [4.69, 9.17) is 19.7 Å². The summed E-state index contributed by atoms with van der Waals surface area (Å²) in [7, 11) is 2.89. The maximum Gasteiger partial charge on any atom is 0.328 e. The largest absolute Gasteiger partial charge is 0.493 e. The number of carbonyl (C=O) groups is 2. The van der Waals surface area contributed by atoms with Gasteiger partial charge in [0.2, 0.25) is 0 Å². The third kappa shape index (κ3) is 3.59. The molecule has 0 heterocycles. The highest BCUT2D eigenvalue weighted by atomic mass is 16.5. The van der Waals surface area contributed by atoms with Gasteiger partial charge in [0.05, 0.1) is 20.8 Å². The number of hydrogen-bond acceptors (Lipinski definition) is 5. The number of rotatable bonds is 6. The highest BCUT2D eigenvalue weighted by Crippen LogP contribution is 2.27. The van der Waals surface area contributed by atoms with Gasteiger partial charge in [0.25, 0.3) is 5.91 Å². The fourth-order valence-electron chi connectivity index (χ4n) is 1.40. The van der Waals surface area contributed by atoms with Crippen LogP contribution >= 0.6 is 0 Å². The van der Waals surface area contributed by atoms with Crippen molar-refractivity contribution in [3.05, 3.63) is 23.8 Å². The fourth-order valence-corrected chi connectivity index (χ4v) is 1.40. The third-order valence-electron chi connectivity index (χ3n) is 2.43. The zero-order chi connectivity index (χ0) is 14.4. The van der Waals surface area contributed by atoms with Gasteiger partial charge in [-0.1, -0.05) is 0 Å². The van der Waals surface area contributed by atoms with Gasteiger partial charge >= 0.3 is 5.97 Å². The van der Waals surface area contributed by atoms with E-state index in [0.717, 1.165) is 0 Å². The smallest absolute Gasteiger partial charge is 0.328 e. The van der Waals surface area contributed by atoms with E-state index < -0.39 is 24.5 Å². The van der Waals surface area contributed by atoms with Crippen LogP contribution in [-0.2, 0) is 4.79 Å². The molecule has 0 aliphatic carbocycles. The summed E-state index contributed by atoms with van der Waals surface area (Å²) in [5.74, 6) is -1.12. The highest BCUT2D eigenvalue weighted by molar-refractivity contribution is 5.97. The van der Waals surface area contributed by atoms with Gasteiger partial charge in [-0.3, -0.25) is 4.79 Å². The monoisotopic (exact) mass is 269 g/mol. The van der Waals surface area contributed by atoms with Crippen LogP contribution in [0.15, 0.2) is 18.2 Å². The van der Waals surface area contributed by atoms with Gasteiger partial charge in [-0.15, -0.1) is 0 Å². The van der Waals surface area contributed by atoms with Crippen molar-refractivity contribution < 1.29 is 29.3 Å². The Morgan fingerprint density at radius 2 is 1.89 bits per heavy atom. The van der Waals surface area contributed by atoms with Crippen LogP contribution in [0.3, 0.4) is 0 Å². The molecule has 1 aromatic carbocycles. The van der Waals surface area contributed by atoms with Gasteiger partial charge in [0.1, 0.15) is 0 Å². The average molecular weight is 269 g/mol. The lowest BCUT2D eigenvalue weighted by molar-refractivity contribution is -0.140. The van der Waals surface area contributed by atoms with E-state index in [1.54, 1.807) is 0 Å². The highest BCUT2D eigenvalue weighted by Gasteiger charge is 2.20. The predicted octanol–water partition coefficient (Wildman–Crippen LogP) is -0.121. The fraction of sp³-hybridized carbons (Fsp3) is 0.333.